The fraction of sp³-hybridized carbons (Fsp3) is 0.333. The Kier molecular flexibility index (Phi) is 2.63. The van der Waals surface area contributed by atoms with Gasteiger partial charge in [-0.3, -0.25) is 0 Å². The second kappa shape index (κ2) is 3.52. The van der Waals surface area contributed by atoms with Crippen LogP contribution < -0.4 is 0 Å². The van der Waals surface area contributed by atoms with Gasteiger partial charge in [-0.15, -0.1) is 0 Å². The third-order valence-electron chi connectivity index (χ3n) is 1.81. The summed E-state index contributed by atoms with van der Waals surface area (Å²) in [6, 6.07) is 6.16. The number of phenolic OH excluding ortho intramolecular Hbond substituents is 1. The van der Waals surface area contributed by atoms with Crippen molar-refractivity contribution in [3.05, 3.63) is 29.8 Å². The number of para-hydroxylation sites is 1. The van der Waals surface area contributed by atoms with Crippen LogP contribution >= 0.6 is 0 Å². The number of hydrogen-bond acceptors (Lipinski definition) is 1. The normalized spacial score (nSPS) is 13.3. The smallest absolute Gasteiger partial charge is 0.245 e. The van der Waals surface area contributed by atoms with Crippen molar-refractivity contribution < 1.29 is 13.9 Å². The summed E-state index contributed by atoms with van der Waals surface area (Å²) in [5.41, 5.74) is 0.299. The molecule has 0 aliphatic carbocycles. The van der Waals surface area contributed by atoms with Crippen molar-refractivity contribution in [2.24, 2.45) is 0 Å². The Morgan fingerprint density at radius 2 is 1.83 bits per heavy atom. The molecule has 0 amide bonds. The third kappa shape index (κ3) is 1.72. The van der Waals surface area contributed by atoms with Gasteiger partial charge in [0.2, 0.25) is 6.43 Å². The molecule has 0 radical (unpaired) electrons. The lowest BCUT2D eigenvalue weighted by Gasteiger charge is -2.11. The number of halogens is 2. The molecule has 1 nitrogen and oxygen atoms in total. The molecule has 1 unspecified atom stereocenters. The molecular formula is C9H10F2O. The second-order valence-corrected chi connectivity index (χ2v) is 2.68. The minimum atomic E-state index is -2.43. The SMILES string of the molecule is CC(c1ccccc1O)C(F)F. The highest BCUT2D eigenvalue weighted by Crippen LogP contribution is 2.29. The van der Waals surface area contributed by atoms with Crippen LogP contribution in [0.2, 0.25) is 0 Å². The van der Waals surface area contributed by atoms with E-state index < -0.39 is 12.3 Å². The molecule has 1 rings (SSSR count). The summed E-state index contributed by atoms with van der Waals surface area (Å²) in [4.78, 5) is 0. The number of aromatic hydroxyl groups is 1. The van der Waals surface area contributed by atoms with Crippen LogP contribution in [0.25, 0.3) is 0 Å². The lowest BCUT2D eigenvalue weighted by molar-refractivity contribution is 0.120. The molecule has 1 atom stereocenters. The first-order chi connectivity index (χ1) is 5.63. The fourth-order valence-corrected chi connectivity index (χ4v) is 1.01. The molecule has 0 fully saturated rings. The Labute approximate surface area is 69.7 Å². The summed E-state index contributed by atoms with van der Waals surface area (Å²) in [5.74, 6) is -0.975. The Morgan fingerprint density at radius 1 is 1.25 bits per heavy atom. The largest absolute Gasteiger partial charge is 0.508 e. The van der Waals surface area contributed by atoms with Gasteiger partial charge in [-0.05, 0) is 6.07 Å². The molecule has 0 bridgehead atoms. The fourth-order valence-electron chi connectivity index (χ4n) is 1.01. The van der Waals surface area contributed by atoms with E-state index in [0.717, 1.165) is 0 Å². The first kappa shape index (κ1) is 8.97. The number of hydrogen-bond donors (Lipinski definition) is 1. The van der Waals surface area contributed by atoms with Gasteiger partial charge in [-0.2, -0.15) is 0 Å². The summed E-state index contributed by atoms with van der Waals surface area (Å²) >= 11 is 0. The van der Waals surface area contributed by atoms with Crippen molar-refractivity contribution >= 4 is 0 Å². The number of phenols is 1. The van der Waals surface area contributed by atoms with Crippen molar-refractivity contribution in [3.63, 3.8) is 0 Å². The molecule has 12 heavy (non-hydrogen) atoms. The summed E-state index contributed by atoms with van der Waals surface area (Å²) < 4.78 is 24.4. The molecule has 0 aliphatic rings. The molecule has 66 valence electrons. The van der Waals surface area contributed by atoms with E-state index in [4.69, 9.17) is 0 Å². The van der Waals surface area contributed by atoms with Crippen molar-refractivity contribution in [1.29, 1.82) is 0 Å². The van der Waals surface area contributed by atoms with E-state index in [1.807, 2.05) is 0 Å². The van der Waals surface area contributed by atoms with Crippen LogP contribution in [0.3, 0.4) is 0 Å². The van der Waals surface area contributed by atoms with Gasteiger partial charge in [0.05, 0.1) is 0 Å². The predicted molar refractivity (Wildman–Crippen MR) is 42.5 cm³/mol. The molecule has 1 N–H and O–H groups in total. The first-order valence-electron chi connectivity index (χ1n) is 3.69. The van der Waals surface area contributed by atoms with Crippen molar-refractivity contribution in [2.45, 2.75) is 19.3 Å². The minimum Gasteiger partial charge on any atom is -0.508 e. The minimum absolute atomic E-state index is 0.0645. The molecule has 0 saturated heterocycles. The van der Waals surface area contributed by atoms with Crippen molar-refractivity contribution in [1.82, 2.24) is 0 Å². The average molecular weight is 172 g/mol. The number of alkyl halides is 2. The molecule has 0 aliphatic heterocycles. The van der Waals surface area contributed by atoms with Gasteiger partial charge >= 0.3 is 0 Å². The lowest BCUT2D eigenvalue weighted by Crippen LogP contribution is -2.04. The molecule has 0 spiro atoms. The van der Waals surface area contributed by atoms with E-state index in [0.29, 0.717) is 5.56 Å². The van der Waals surface area contributed by atoms with Crippen LogP contribution in [0.4, 0.5) is 8.78 Å². The van der Waals surface area contributed by atoms with Crippen molar-refractivity contribution in [3.8, 4) is 5.75 Å². The molecule has 0 aromatic heterocycles. The summed E-state index contributed by atoms with van der Waals surface area (Å²) in [6.45, 7) is 1.39. The zero-order chi connectivity index (χ0) is 9.14. The average Bonchev–Trinajstić information content (AvgIpc) is 2.04. The van der Waals surface area contributed by atoms with Crippen LogP contribution in [-0.4, -0.2) is 11.5 Å². The van der Waals surface area contributed by atoms with Gasteiger partial charge in [0.25, 0.3) is 0 Å². The quantitative estimate of drug-likeness (QED) is 0.727. The van der Waals surface area contributed by atoms with E-state index in [1.165, 1.54) is 19.1 Å². The standard InChI is InChI=1S/C9H10F2O/c1-6(9(10)11)7-4-2-3-5-8(7)12/h2-6,9,12H,1H3. The van der Waals surface area contributed by atoms with Gasteiger partial charge in [-0.1, -0.05) is 25.1 Å². The predicted octanol–water partition coefficient (Wildman–Crippen LogP) is 2.76. The van der Waals surface area contributed by atoms with Crippen LogP contribution in [-0.2, 0) is 0 Å². The molecule has 0 heterocycles. The second-order valence-electron chi connectivity index (χ2n) is 2.68. The number of benzene rings is 1. The zero-order valence-electron chi connectivity index (χ0n) is 6.67. The molecule has 0 saturated carbocycles. The zero-order valence-corrected chi connectivity index (χ0v) is 6.67. The van der Waals surface area contributed by atoms with Crippen LogP contribution in [0, 0.1) is 0 Å². The van der Waals surface area contributed by atoms with E-state index >= 15 is 0 Å². The maximum atomic E-state index is 12.2. The van der Waals surface area contributed by atoms with E-state index in [9.17, 15) is 13.9 Å². The number of rotatable bonds is 2. The summed E-state index contributed by atoms with van der Waals surface area (Å²) in [5, 5.41) is 9.20. The molecular weight excluding hydrogens is 162 g/mol. The molecule has 1 aromatic carbocycles. The summed E-state index contributed by atoms with van der Waals surface area (Å²) in [7, 11) is 0. The molecule has 3 heteroatoms. The van der Waals surface area contributed by atoms with E-state index in [-0.39, 0.29) is 5.75 Å². The lowest BCUT2D eigenvalue weighted by atomic mass is 10.0. The monoisotopic (exact) mass is 172 g/mol. The summed E-state index contributed by atoms with van der Waals surface area (Å²) in [6.07, 6.45) is -2.43. The Morgan fingerprint density at radius 3 is 2.33 bits per heavy atom. The maximum absolute atomic E-state index is 12.2. The van der Waals surface area contributed by atoms with E-state index in [1.54, 1.807) is 12.1 Å². The highest BCUT2D eigenvalue weighted by molar-refractivity contribution is 5.34. The molecule has 1 aromatic rings. The van der Waals surface area contributed by atoms with Crippen LogP contribution in [0.5, 0.6) is 5.75 Å². The Bertz CT molecular complexity index is 260. The van der Waals surface area contributed by atoms with Gasteiger partial charge in [0, 0.05) is 11.5 Å². The highest BCUT2D eigenvalue weighted by Gasteiger charge is 2.19. The first-order valence-corrected chi connectivity index (χ1v) is 3.69. The maximum Gasteiger partial charge on any atom is 0.245 e. The van der Waals surface area contributed by atoms with Gasteiger partial charge < -0.3 is 5.11 Å². The van der Waals surface area contributed by atoms with Gasteiger partial charge in [0.1, 0.15) is 5.75 Å². The van der Waals surface area contributed by atoms with Crippen molar-refractivity contribution in [2.75, 3.05) is 0 Å². The van der Waals surface area contributed by atoms with Gasteiger partial charge in [0.15, 0.2) is 0 Å². The van der Waals surface area contributed by atoms with Gasteiger partial charge in [-0.25, -0.2) is 8.78 Å². The van der Waals surface area contributed by atoms with Crippen LogP contribution in [0.15, 0.2) is 24.3 Å². The van der Waals surface area contributed by atoms with E-state index in [2.05, 4.69) is 0 Å². The highest BCUT2D eigenvalue weighted by atomic mass is 19.3. The van der Waals surface area contributed by atoms with Crippen LogP contribution in [0.1, 0.15) is 18.4 Å². The topological polar surface area (TPSA) is 20.2 Å². The third-order valence-corrected chi connectivity index (χ3v) is 1.81. The Balaban J connectivity index is 2.94. The Hall–Kier alpha value is -1.12.